The van der Waals surface area contributed by atoms with Crippen molar-refractivity contribution >= 4 is 5.97 Å². The first kappa shape index (κ1) is 14.9. The van der Waals surface area contributed by atoms with Gasteiger partial charge in [-0.15, -0.1) is 0 Å². The van der Waals surface area contributed by atoms with Crippen LogP contribution in [0.4, 0.5) is 0 Å². The minimum Gasteiger partial charge on any atom is -0.496 e. The molecule has 0 spiro atoms. The largest absolute Gasteiger partial charge is 0.496 e. The van der Waals surface area contributed by atoms with Crippen LogP contribution in [0.1, 0.15) is 35.9 Å². The highest BCUT2D eigenvalue weighted by molar-refractivity contribution is 5.86. The molecule has 1 aromatic carbocycles. The summed E-state index contributed by atoms with van der Waals surface area (Å²) in [6.07, 6.45) is 0. The molecule has 0 bridgehead atoms. The van der Waals surface area contributed by atoms with E-state index in [2.05, 4.69) is 19.0 Å². The van der Waals surface area contributed by atoms with Gasteiger partial charge in [0.05, 0.1) is 14.2 Å². The minimum absolute atomic E-state index is 0.223. The number of hydrogen-bond acceptors (Lipinski definition) is 5. The van der Waals surface area contributed by atoms with E-state index in [-0.39, 0.29) is 11.7 Å². The molecule has 1 aromatic heterocycles. The first-order valence-electron chi connectivity index (χ1n) is 6.44. The summed E-state index contributed by atoms with van der Waals surface area (Å²) in [7, 11) is 3.14. The standard InChI is InChI=1S/C15H17NO5/c1-8(2)9-5-13(20-4)10(6-12(9)19-3)11-7-14(15(17)18)21-16-11/h5-8H,1-4H3,(H,17,18). The maximum absolute atomic E-state index is 10.9. The van der Waals surface area contributed by atoms with Gasteiger partial charge in [-0.05, 0) is 18.1 Å². The molecule has 0 saturated carbocycles. The summed E-state index contributed by atoms with van der Waals surface area (Å²) < 4.78 is 15.6. The Bertz CT molecular complexity index is 660. The molecule has 112 valence electrons. The third kappa shape index (κ3) is 2.84. The second-order valence-electron chi connectivity index (χ2n) is 4.83. The van der Waals surface area contributed by atoms with Crippen LogP contribution in [0, 0.1) is 0 Å². The summed E-state index contributed by atoms with van der Waals surface area (Å²) in [5, 5.41) is 12.7. The predicted octanol–water partition coefficient (Wildman–Crippen LogP) is 3.18. The number of carboxylic acid groups (broad SMARTS) is 1. The van der Waals surface area contributed by atoms with Crippen LogP contribution >= 0.6 is 0 Å². The maximum Gasteiger partial charge on any atom is 0.374 e. The van der Waals surface area contributed by atoms with E-state index in [1.54, 1.807) is 20.3 Å². The van der Waals surface area contributed by atoms with Crippen molar-refractivity contribution < 1.29 is 23.9 Å². The van der Waals surface area contributed by atoms with E-state index in [4.69, 9.17) is 19.1 Å². The van der Waals surface area contributed by atoms with Gasteiger partial charge in [0, 0.05) is 17.2 Å². The van der Waals surface area contributed by atoms with E-state index < -0.39 is 5.97 Å². The fourth-order valence-electron chi connectivity index (χ4n) is 2.08. The van der Waals surface area contributed by atoms with Gasteiger partial charge in [0.25, 0.3) is 0 Å². The zero-order valence-electron chi connectivity index (χ0n) is 12.3. The molecule has 21 heavy (non-hydrogen) atoms. The molecule has 0 unspecified atom stereocenters. The minimum atomic E-state index is -1.17. The van der Waals surface area contributed by atoms with Crippen molar-refractivity contribution in [2.45, 2.75) is 19.8 Å². The van der Waals surface area contributed by atoms with E-state index in [9.17, 15) is 4.79 Å². The van der Waals surface area contributed by atoms with Crippen molar-refractivity contribution in [2.24, 2.45) is 0 Å². The van der Waals surface area contributed by atoms with Crippen LogP contribution in [0.3, 0.4) is 0 Å². The number of aromatic nitrogens is 1. The van der Waals surface area contributed by atoms with E-state index in [0.717, 1.165) is 5.56 Å². The van der Waals surface area contributed by atoms with Gasteiger partial charge in [-0.2, -0.15) is 0 Å². The lowest BCUT2D eigenvalue weighted by Crippen LogP contribution is -1.98. The van der Waals surface area contributed by atoms with Gasteiger partial charge in [-0.3, -0.25) is 0 Å². The third-order valence-electron chi connectivity index (χ3n) is 3.17. The first-order chi connectivity index (χ1) is 9.97. The Morgan fingerprint density at radius 1 is 1.19 bits per heavy atom. The lowest BCUT2D eigenvalue weighted by Gasteiger charge is -2.15. The molecular weight excluding hydrogens is 274 g/mol. The van der Waals surface area contributed by atoms with Crippen LogP contribution in [-0.2, 0) is 0 Å². The smallest absolute Gasteiger partial charge is 0.374 e. The summed E-state index contributed by atoms with van der Waals surface area (Å²) >= 11 is 0. The highest BCUT2D eigenvalue weighted by atomic mass is 16.5. The fourth-order valence-corrected chi connectivity index (χ4v) is 2.08. The van der Waals surface area contributed by atoms with Crippen LogP contribution in [0.2, 0.25) is 0 Å². The molecule has 2 rings (SSSR count). The number of carbonyl (C=O) groups is 1. The summed E-state index contributed by atoms with van der Waals surface area (Å²) in [5.74, 6) is 0.151. The molecule has 0 saturated heterocycles. The lowest BCUT2D eigenvalue weighted by molar-refractivity contribution is 0.0652. The van der Waals surface area contributed by atoms with Crippen molar-refractivity contribution in [1.82, 2.24) is 5.16 Å². The molecule has 0 radical (unpaired) electrons. The number of nitrogens with zero attached hydrogens (tertiary/aromatic N) is 1. The van der Waals surface area contributed by atoms with Crippen molar-refractivity contribution in [3.05, 3.63) is 29.5 Å². The summed E-state index contributed by atoms with van der Waals surface area (Å²) in [6.45, 7) is 4.10. The zero-order valence-corrected chi connectivity index (χ0v) is 12.3. The summed E-state index contributed by atoms with van der Waals surface area (Å²) in [5.41, 5.74) is 2.01. The molecule has 2 aromatic rings. The number of benzene rings is 1. The fraction of sp³-hybridized carbons (Fsp3) is 0.333. The number of rotatable bonds is 5. The van der Waals surface area contributed by atoms with Crippen LogP contribution in [0.25, 0.3) is 11.3 Å². The Labute approximate surface area is 122 Å². The summed E-state index contributed by atoms with van der Waals surface area (Å²) in [4.78, 5) is 10.9. The van der Waals surface area contributed by atoms with Gasteiger partial charge >= 0.3 is 5.97 Å². The SMILES string of the molecule is COc1cc(C(C)C)c(OC)cc1-c1cc(C(=O)O)on1. The number of ether oxygens (including phenoxy) is 2. The number of hydrogen-bond donors (Lipinski definition) is 1. The van der Waals surface area contributed by atoms with E-state index >= 15 is 0 Å². The van der Waals surface area contributed by atoms with Crippen molar-refractivity contribution in [3.8, 4) is 22.8 Å². The highest BCUT2D eigenvalue weighted by Gasteiger charge is 2.19. The van der Waals surface area contributed by atoms with Crippen LogP contribution in [-0.4, -0.2) is 30.5 Å². The van der Waals surface area contributed by atoms with Crippen molar-refractivity contribution in [2.75, 3.05) is 14.2 Å². The molecule has 0 fully saturated rings. The van der Waals surface area contributed by atoms with Gasteiger partial charge in [-0.25, -0.2) is 4.79 Å². The Morgan fingerprint density at radius 3 is 2.33 bits per heavy atom. The average molecular weight is 291 g/mol. The molecule has 6 heteroatoms. The molecule has 0 amide bonds. The topological polar surface area (TPSA) is 81.8 Å². The number of carboxylic acids is 1. The Hall–Kier alpha value is -2.50. The molecule has 1 N–H and O–H groups in total. The van der Waals surface area contributed by atoms with Gasteiger partial charge in [0.15, 0.2) is 0 Å². The molecule has 0 atom stereocenters. The second-order valence-corrected chi connectivity index (χ2v) is 4.83. The van der Waals surface area contributed by atoms with E-state index in [0.29, 0.717) is 22.8 Å². The molecule has 6 nitrogen and oxygen atoms in total. The zero-order chi connectivity index (χ0) is 15.6. The van der Waals surface area contributed by atoms with Gasteiger partial charge in [0.1, 0.15) is 17.2 Å². The van der Waals surface area contributed by atoms with Crippen LogP contribution < -0.4 is 9.47 Å². The third-order valence-corrected chi connectivity index (χ3v) is 3.17. The second kappa shape index (κ2) is 5.87. The van der Waals surface area contributed by atoms with Crippen molar-refractivity contribution in [3.63, 3.8) is 0 Å². The molecular formula is C15H17NO5. The predicted molar refractivity (Wildman–Crippen MR) is 76.1 cm³/mol. The monoisotopic (exact) mass is 291 g/mol. The maximum atomic E-state index is 10.9. The summed E-state index contributed by atoms with van der Waals surface area (Å²) in [6, 6.07) is 5.00. The van der Waals surface area contributed by atoms with E-state index in [1.165, 1.54) is 6.07 Å². The highest BCUT2D eigenvalue weighted by Crippen LogP contribution is 2.38. The Kier molecular flexibility index (Phi) is 4.16. The van der Waals surface area contributed by atoms with E-state index in [1.807, 2.05) is 6.07 Å². The molecule has 0 aliphatic carbocycles. The Morgan fingerprint density at radius 2 is 1.86 bits per heavy atom. The van der Waals surface area contributed by atoms with Crippen LogP contribution in [0.15, 0.2) is 22.7 Å². The molecule has 1 heterocycles. The number of aromatic carboxylic acids is 1. The van der Waals surface area contributed by atoms with Crippen LogP contribution in [0.5, 0.6) is 11.5 Å². The normalized spacial score (nSPS) is 10.7. The first-order valence-corrected chi connectivity index (χ1v) is 6.44. The quantitative estimate of drug-likeness (QED) is 0.911. The van der Waals surface area contributed by atoms with Gasteiger partial charge < -0.3 is 19.1 Å². The van der Waals surface area contributed by atoms with Crippen molar-refractivity contribution in [1.29, 1.82) is 0 Å². The van der Waals surface area contributed by atoms with Gasteiger partial charge in [-0.1, -0.05) is 19.0 Å². The molecule has 0 aliphatic rings. The number of methoxy groups -OCH3 is 2. The average Bonchev–Trinajstić information content (AvgIpc) is 2.95. The Balaban J connectivity index is 2.58. The lowest BCUT2D eigenvalue weighted by atomic mass is 9.98. The van der Waals surface area contributed by atoms with Gasteiger partial charge in [0.2, 0.25) is 5.76 Å². The molecule has 0 aliphatic heterocycles.